The molecule has 0 unspecified atom stereocenters. The van der Waals surface area contributed by atoms with Crippen LogP contribution in [0.3, 0.4) is 0 Å². The lowest BCUT2D eigenvalue weighted by atomic mass is 10.1. The van der Waals surface area contributed by atoms with Crippen molar-refractivity contribution in [3.8, 4) is 11.5 Å². The van der Waals surface area contributed by atoms with Crippen LogP contribution in [0.25, 0.3) is 0 Å². The molecule has 1 heterocycles. The van der Waals surface area contributed by atoms with Crippen LogP contribution in [0.15, 0.2) is 18.2 Å². The van der Waals surface area contributed by atoms with E-state index in [4.69, 9.17) is 9.47 Å². The molecule has 0 amide bonds. The number of hydrogen-bond acceptors (Lipinski definition) is 5. The number of Topliss-reactive ketones (excluding diaryl/α,β-unsaturated/α-hetero) is 1. The van der Waals surface area contributed by atoms with E-state index in [0.717, 1.165) is 12.3 Å². The van der Waals surface area contributed by atoms with Crippen molar-refractivity contribution in [2.45, 2.75) is 25.7 Å². The van der Waals surface area contributed by atoms with Gasteiger partial charge < -0.3 is 14.4 Å². The Morgan fingerprint density at radius 3 is 2.52 bits per heavy atom. The lowest BCUT2D eigenvalue weighted by molar-refractivity contribution is 0.101. The van der Waals surface area contributed by atoms with E-state index in [1.165, 1.54) is 38.8 Å². The molecule has 0 aliphatic carbocycles. The van der Waals surface area contributed by atoms with Crippen molar-refractivity contribution >= 4 is 17.5 Å². The number of benzene rings is 1. The van der Waals surface area contributed by atoms with Crippen molar-refractivity contribution in [2.24, 2.45) is 0 Å². The van der Waals surface area contributed by atoms with E-state index in [2.05, 4.69) is 4.90 Å². The molecule has 4 nitrogen and oxygen atoms in total. The number of thioether (sulfide) groups is 1. The minimum absolute atomic E-state index is 0.0987. The lowest BCUT2D eigenvalue weighted by Crippen LogP contribution is -2.27. The van der Waals surface area contributed by atoms with E-state index in [1.54, 1.807) is 38.1 Å². The number of rotatable bonds is 8. The molecule has 128 valence electrons. The first kappa shape index (κ1) is 18.1. The summed E-state index contributed by atoms with van der Waals surface area (Å²) in [5, 5.41) is 0. The summed E-state index contributed by atoms with van der Waals surface area (Å²) in [4.78, 5) is 15.0. The van der Waals surface area contributed by atoms with Crippen molar-refractivity contribution in [3.05, 3.63) is 23.8 Å². The van der Waals surface area contributed by atoms with E-state index < -0.39 is 0 Å². The second-order valence-electron chi connectivity index (χ2n) is 5.80. The molecular weight excluding hydrogens is 310 g/mol. The number of likely N-dealkylation sites (tertiary alicyclic amines) is 1. The molecular formula is C18H27NO3S. The van der Waals surface area contributed by atoms with E-state index in [0.29, 0.717) is 22.8 Å². The Labute approximate surface area is 143 Å². The van der Waals surface area contributed by atoms with Gasteiger partial charge >= 0.3 is 0 Å². The van der Waals surface area contributed by atoms with Gasteiger partial charge in [-0.3, -0.25) is 4.79 Å². The van der Waals surface area contributed by atoms with Gasteiger partial charge in [-0.05, 0) is 44.1 Å². The van der Waals surface area contributed by atoms with Gasteiger partial charge in [-0.1, -0.05) is 12.8 Å². The topological polar surface area (TPSA) is 38.8 Å². The summed E-state index contributed by atoms with van der Waals surface area (Å²) in [5.74, 6) is 2.88. The summed E-state index contributed by atoms with van der Waals surface area (Å²) in [6.45, 7) is 3.49. The van der Waals surface area contributed by atoms with Crippen molar-refractivity contribution in [1.29, 1.82) is 0 Å². The molecule has 2 rings (SSSR count). The highest BCUT2D eigenvalue weighted by atomic mass is 32.2. The molecule has 1 fully saturated rings. The monoisotopic (exact) mass is 337 g/mol. The van der Waals surface area contributed by atoms with Gasteiger partial charge in [0.15, 0.2) is 5.78 Å². The van der Waals surface area contributed by atoms with Crippen LogP contribution in [0.5, 0.6) is 11.5 Å². The molecule has 5 heteroatoms. The van der Waals surface area contributed by atoms with Crippen LogP contribution >= 0.6 is 11.8 Å². The molecule has 0 spiro atoms. The molecule has 0 bridgehead atoms. The van der Waals surface area contributed by atoms with Crippen LogP contribution in [0.1, 0.15) is 36.0 Å². The molecule has 1 saturated heterocycles. The van der Waals surface area contributed by atoms with Gasteiger partial charge in [-0.2, -0.15) is 11.8 Å². The molecule has 23 heavy (non-hydrogen) atoms. The average Bonchev–Trinajstić information content (AvgIpc) is 2.86. The highest BCUT2D eigenvalue weighted by Gasteiger charge is 2.14. The summed E-state index contributed by atoms with van der Waals surface area (Å²) in [6, 6.07) is 5.35. The van der Waals surface area contributed by atoms with Crippen LogP contribution in [0.2, 0.25) is 0 Å². The van der Waals surface area contributed by atoms with Gasteiger partial charge in [0, 0.05) is 12.3 Å². The Morgan fingerprint density at radius 1 is 1.13 bits per heavy atom. The van der Waals surface area contributed by atoms with Crippen molar-refractivity contribution < 1.29 is 14.3 Å². The Balaban J connectivity index is 1.80. The minimum Gasteiger partial charge on any atom is -0.497 e. The maximum Gasteiger partial charge on any atom is 0.176 e. The molecule has 0 saturated carbocycles. The fourth-order valence-electron chi connectivity index (χ4n) is 2.83. The van der Waals surface area contributed by atoms with Gasteiger partial charge in [-0.15, -0.1) is 0 Å². The van der Waals surface area contributed by atoms with Crippen LogP contribution in [-0.2, 0) is 0 Å². The molecule has 0 aromatic heterocycles. The van der Waals surface area contributed by atoms with Crippen LogP contribution in [0.4, 0.5) is 0 Å². The molecule has 1 aromatic rings. The third-order valence-corrected chi connectivity index (χ3v) is 5.13. The zero-order valence-electron chi connectivity index (χ0n) is 14.2. The molecule has 0 radical (unpaired) electrons. The van der Waals surface area contributed by atoms with Crippen LogP contribution < -0.4 is 9.47 Å². The second kappa shape index (κ2) is 9.83. The number of nitrogens with zero attached hydrogens (tertiary/aromatic N) is 1. The molecule has 1 aliphatic heterocycles. The molecule has 0 atom stereocenters. The van der Waals surface area contributed by atoms with Gasteiger partial charge in [0.1, 0.15) is 11.5 Å². The highest BCUT2D eigenvalue weighted by molar-refractivity contribution is 8.00. The Bertz CT molecular complexity index is 499. The van der Waals surface area contributed by atoms with Gasteiger partial charge in [0.25, 0.3) is 0 Å². The number of carbonyl (C=O) groups is 1. The Morgan fingerprint density at radius 2 is 1.87 bits per heavy atom. The Kier molecular flexibility index (Phi) is 7.76. The second-order valence-corrected chi connectivity index (χ2v) is 6.90. The standard InChI is InChI=1S/C18H27NO3S/c1-21-15-7-8-18(22-2)16(13-15)17(20)14-23-12-11-19-9-5-3-4-6-10-19/h7-8,13H,3-6,9-12,14H2,1-2H3. The maximum absolute atomic E-state index is 12.4. The number of ketones is 1. The predicted molar refractivity (Wildman–Crippen MR) is 96.1 cm³/mol. The minimum atomic E-state index is 0.0987. The third-order valence-electron chi connectivity index (χ3n) is 4.19. The number of carbonyl (C=O) groups excluding carboxylic acids is 1. The zero-order chi connectivity index (χ0) is 16.5. The third kappa shape index (κ3) is 5.74. The van der Waals surface area contributed by atoms with Crippen LogP contribution in [-0.4, -0.2) is 56.0 Å². The average molecular weight is 337 g/mol. The van der Waals surface area contributed by atoms with Gasteiger partial charge in [0.2, 0.25) is 0 Å². The Hall–Kier alpha value is -1.20. The largest absolute Gasteiger partial charge is 0.497 e. The van der Waals surface area contributed by atoms with Crippen molar-refractivity contribution in [1.82, 2.24) is 4.90 Å². The normalized spacial score (nSPS) is 15.9. The highest BCUT2D eigenvalue weighted by Crippen LogP contribution is 2.25. The molecule has 0 N–H and O–H groups in total. The smallest absolute Gasteiger partial charge is 0.176 e. The first-order valence-corrected chi connectivity index (χ1v) is 9.45. The van der Waals surface area contributed by atoms with E-state index in [1.807, 2.05) is 6.07 Å². The zero-order valence-corrected chi connectivity index (χ0v) is 15.0. The summed E-state index contributed by atoms with van der Waals surface area (Å²) < 4.78 is 10.5. The number of ether oxygens (including phenoxy) is 2. The number of hydrogen-bond donors (Lipinski definition) is 0. The summed E-state index contributed by atoms with van der Waals surface area (Å²) >= 11 is 1.70. The number of methoxy groups -OCH3 is 2. The first-order chi connectivity index (χ1) is 11.2. The SMILES string of the molecule is COc1ccc(OC)c(C(=O)CSCCN2CCCCCC2)c1. The maximum atomic E-state index is 12.4. The van der Waals surface area contributed by atoms with Gasteiger partial charge in [0.05, 0.1) is 25.5 Å². The molecule has 1 aliphatic rings. The summed E-state index contributed by atoms with van der Waals surface area (Å²) in [5.41, 5.74) is 0.606. The quantitative estimate of drug-likeness (QED) is 0.536. The first-order valence-electron chi connectivity index (χ1n) is 8.30. The summed E-state index contributed by atoms with van der Waals surface area (Å²) in [6.07, 6.45) is 5.34. The fourth-order valence-corrected chi connectivity index (χ4v) is 3.70. The van der Waals surface area contributed by atoms with Gasteiger partial charge in [-0.25, -0.2) is 0 Å². The van der Waals surface area contributed by atoms with E-state index >= 15 is 0 Å². The van der Waals surface area contributed by atoms with Crippen LogP contribution in [0, 0.1) is 0 Å². The van der Waals surface area contributed by atoms with E-state index in [9.17, 15) is 4.79 Å². The predicted octanol–water partition coefficient (Wildman–Crippen LogP) is 3.50. The lowest BCUT2D eigenvalue weighted by Gasteiger charge is -2.19. The van der Waals surface area contributed by atoms with E-state index in [-0.39, 0.29) is 5.78 Å². The van der Waals surface area contributed by atoms with Crippen molar-refractivity contribution in [2.75, 3.05) is 45.4 Å². The van der Waals surface area contributed by atoms with Crippen molar-refractivity contribution in [3.63, 3.8) is 0 Å². The molecule has 1 aromatic carbocycles. The fraction of sp³-hybridized carbons (Fsp3) is 0.611. The summed E-state index contributed by atoms with van der Waals surface area (Å²) in [7, 11) is 3.19.